The van der Waals surface area contributed by atoms with E-state index < -0.39 is 0 Å². The Balaban J connectivity index is 2.26. The molecule has 2 N–H and O–H groups in total. The Morgan fingerprint density at radius 1 is 1.17 bits per heavy atom. The number of ether oxygens (including phenoxy) is 2. The molecule has 0 aliphatic heterocycles. The zero-order valence-electron chi connectivity index (χ0n) is 18.6. The van der Waals surface area contributed by atoms with E-state index in [0.29, 0.717) is 22.9 Å². The molecule has 0 radical (unpaired) electrons. The lowest BCUT2D eigenvalue weighted by Crippen LogP contribution is -2.31. The van der Waals surface area contributed by atoms with Gasteiger partial charge < -0.3 is 20.1 Å². The Kier molecular flexibility index (Phi) is 7.11. The second kappa shape index (κ2) is 9.16. The fourth-order valence-electron chi connectivity index (χ4n) is 3.22. The molecule has 158 valence electrons. The van der Waals surface area contributed by atoms with Crippen LogP contribution in [0.15, 0.2) is 45.7 Å². The first-order valence-corrected chi connectivity index (χ1v) is 9.82. The van der Waals surface area contributed by atoms with Gasteiger partial charge in [0.15, 0.2) is 11.5 Å². The smallest absolute Gasteiger partial charge is 0.252 e. The number of nitrogens with one attached hydrogen (secondary N) is 2. The number of methoxy groups -OCH3 is 2. The summed E-state index contributed by atoms with van der Waals surface area (Å²) >= 11 is 0. The van der Waals surface area contributed by atoms with Gasteiger partial charge in [-0.2, -0.15) is 0 Å². The second-order valence-corrected chi connectivity index (χ2v) is 8.00. The average molecular weight is 400 g/mol. The minimum atomic E-state index is -0.210. The average Bonchev–Trinajstić information content (AvgIpc) is 3.42. The van der Waals surface area contributed by atoms with Gasteiger partial charge in [-0.3, -0.25) is 4.79 Å². The molecule has 0 spiro atoms. The third kappa shape index (κ3) is 5.40. The Labute approximate surface area is 174 Å². The largest absolute Gasteiger partial charge is 0.493 e. The molecule has 1 aromatic carbocycles. The zero-order valence-corrected chi connectivity index (χ0v) is 18.6. The Bertz CT molecular complexity index is 847. The maximum atomic E-state index is 13.1. The van der Waals surface area contributed by atoms with E-state index in [1.54, 1.807) is 14.2 Å². The summed E-state index contributed by atoms with van der Waals surface area (Å²) < 4.78 is 10.7. The molecule has 0 bridgehead atoms. The molecule has 2 rings (SSSR count). The Morgan fingerprint density at radius 3 is 2.28 bits per heavy atom. The summed E-state index contributed by atoms with van der Waals surface area (Å²) in [5.74, 6) is 1.80. The van der Waals surface area contributed by atoms with Crippen molar-refractivity contribution < 1.29 is 14.3 Å². The normalized spacial score (nSPS) is 16.1. The highest BCUT2D eigenvalue weighted by Gasteiger charge is 2.38. The fraction of sp³-hybridized carbons (Fsp3) is 0.478. The number of amides is 1. The van der Waals surface area contributed by atoms with Gasteiger partial charge in [0.2, 0.25) is 0 Å². The number of aliphatic imine (C=N–C) groups is 1. The van der Waals surface area contributed by atoms with Crippen LogP contribution in [-0.4, -0.2) is 32.4 Å². The van der Waals surface area contributed by atoms with Crippen molar-refractivity contribution in [2.45, 2.75) is 59.0 Å². The van der Waals surface area contributed by atoms with Crippen LogP contribution in [0.2, 0.25) is 0 Å². The molecule has 0 aromatic heterocycles. The molecule has 1 aliphatic rings. The summed E-state index contributed by atoms with van der Waals surface area (Å²) in [5.41, 5.74) is 3.31. The molecule has 1 saturated carbocycles. The molecule has 6 nitrogen and oxygen atoms in total. The van der Waals surface area contributed by atoms with Gasteiger partial charge in [-0.05, 0) is 71.9 Å². The third-order valence-corrected chi connectivity index (χ3v) is 5.29. The molecular weight excluding hydrogens is 366 g/mol. The lowest BCUT2D eigenvalue weighted by molar-refractivity contribution is -0.117. The Hall–Kier alpha value is -2.76. The van der Waals surface area contributed by atoms with Crippen molar-refractivity contribution in [1.29, 1.82) is 0 Å². The molecule has 1 atom stereocenters. The van der Waals surface area contributed by atoms with Crippen molar-refractivity contribution in [3.63, 3.8) is 0 Å². The topological polar surface area (TPSA) is 72.0 Å². The van der Waals surface area contributed by atoms with Gasteiger partial charge in [0.05, 0.1) is 20.3 Å². The maximum absolute atomic E-state index is 13.1. The van der Waals surface area contributed by atoms with Gasteiger partial charge in [0.25, 0.3) is 5.91 Å². The molecule has 1 aliphatic carbocycles. The van der Waals surface area contributed by atoms with Crippen LogP contribution in [0.5, 0.6) is 11.5 Å². The lowest BCUT2D eigenvalue weighted by atomic mass is 10.00. The number of rotatable bonds is 9. The summed E-state index contributed by atoms with van der Waals surface area (Å²) in [5, 5.41) is 6.51. The number of benzene rings is 1. The van der Waals surface area contributed by atoms with Crippen molar-refractivity contribution in [3.8, 4) is 11.5 Å². The summed E-state index contributed by atoms with van der Waals surface area (Å²) in [6.07, 6.45) is 2.18. The van der Waals surface area contributed by atoms with Crippen LogP contribution >= 0.6 is 0 Å². The predicted molar refractivity (Wildman–Crippen MR) is 118 cm³/mol. The van der Waals surface area contributed by atoms with Crippen LogP contribution in [0.25, 0.3) is 0 Å². The number of carbonyl (C=O) groups is 1. The van der Waals surface area contributed by atoms with Crippen molar-refractivity contribution in [1.82, 2.24) is 10.6 Å². The van der Waals surface area contributed by atoms with Gasteiger partial charge in [-0.25, -0.2) is 4.99 Å². The zero-order chi connectivity index (χ0) is 21.8. The van der Waals surface area contributed by atoms with Crippen LogP contribution in [0.1, 0.15) is 59.1 Å². The minimum Gasteiger partial charge on any atom is -0.493 e. The van der Waals surface area contributed by atoms with Crippen LogP contribution in [0.4, 0.5) is 0 Å². The number of nitrogens with zero attached hydrogens (tertiary/aromatic N) is 1. The molecule has 1 aromatic rings. The van der Waals surface area contributed by atoms with Gasteiger partial charge in [-0.15, -0.1) is 0 Å². The van der Waals surface area contributed by atoms with E-state index in [-0.39, 0.29) is 17.5 Å². The van der Waals surface area contributed by atoms with E-state index in [4.69, 9.17) is 9.47 Å². The van der Waals surface area contributed by atoms with Crippen LogP contribution in [0, 0.1) is 0 Å². The third-order valence-electron chi connectivity index (χ3n) is 5.29. The van der Waals surface area contributed by atoms with Crippen LogP contribution in [0.3, 0.4) is 0 Å². The predicted octanol–water partition coefficient (Wildman–Crippen LogP) is 4.29. The molecule has 1 fully saturated rings. The minimum absolute atomic E-state index is 0.0496. The SMILES string of the molecule is C=N/C(NC1(C)CC1)=C(\C)C(C(=O)NC(C)c1ccc(OC)c(OC)c1)=C(C)C. The van der Waals surface area contributed by atoms with Gasteiger partial charge >= 0.3 is 0 Å². The Morgan fingerprint density at radius 2 is 1.79 bits per heavy atom. The number of allylic oxidation sites excluding steroid dienone is 1. The highest BCUT2D eigenvalue weighted by Crippen LogP contribution is 2.36. The number of hydrogen-bond acceptors (Lipinski definition) is 5. The van der Waals surface area contributed by atoms with E-state index in [2.05, 4.69) is 29.3 Å². The van der Waals surface area contributed by atoms with E-state index in [9.17, 15) is 4.79 Å². The van der Waals surface area contributed by atoms with Crippen molar-refractivity contribution in [2.24, 2.45) is 4.99 Å². The van der Waals surface area contributed by atoms with E-state index in [1.165, 1.54) is 0 Å². The van der Waals surface area contributed by atoms with Gasteiger partial charge in [0.1, 0.15) is 5.82 Å². The lowest BCUT2D eigenvalue weighted by Gasteiger charge is -2.21. The second-order valence-electron chi connectivity index (χ2n) is 8.00. The van der Waals surface area contributed by atoms with Crippen LogP contribution in [-0.2, 0) is 4.79 Å². The molecule has 6 heteroatoms. The maximum Gasteiger partial charge on any atom is 0.252 e. The van der Waals surface area contributed by atoms with Crippen molar-refractivity contribution in [3.05, 3.63) is 46.3 Å². The quantitative estimate of drug-likeness (QED) is 0.369. The van der Waals surface area contributed by atoms with Gasteiger partial charge in [0, 0.05) is 16.7 Å². The summed E-state index contributed by atoms with van der Waals surface area (Å²) in [6.45, 7) is 13.5. The molecule has 0 saturated heterocycles. The molecule has 1 amide bonds. The summed E-state index contributed by atoms with van der Waals surface area (Å²) in [4.78, 5) is 17.3. The molecule has 0 heterocycles. The molecular formula is C23H33N3O3. The first-order chi connectivity index (χ1) is 13.7. The highest BCUT2D eigenvalue weighted by atomic mass is 16.5. The fourth-order valence-corrected chi connectivity index (χ4v) is 3.22. The monoisotopic (exact) mass is 399 g/mol. The molecule has 1 unspecified atom stereocenters. The van der Waals surface area contributed by atoms with Crippen molar-refractivity contribution >= 4 is 12.6 Å². The first kappa shape index (κ1) is 22.5. The number of hydrogen-bond donors (Lipinski definition) is 2. The summed E-state index contributed by atoms with van der Waals surface area (Å²) in [6, 6.07) is 5.42. The van der Waals surface area contributed by atoms with E-state index >= 15 is 0 Å². The first-order valence-electron chi connectivity index (χ1n) is 9.82. The summed E-state index contributed by atoms with van der Waals surface area (Å²) in [7, 11) is 3.19. The van der Waals surface area contributed by atoms with Gasteiger partial charge in [-0.1, -0.05) is 11.6 Å². The standard InChI is InChI=1S/C23H33N3O3/c1-14(2)20(15(3)21(24-6)26-23(5)11-12-23)22(27)25-16(4)17-9-10-18(28-7)19(13-17)29-8/h9-10,13,16,26H,6,11-12H2,1-5,7-8H3,(H,25,27)/b21-15-. The highest BCUT2D eigenvalue weighted by molar-refractivity contribution is 5.98. The number of carbonyl (C=O) groups excluding carboxylic acids is 1. The van der Waals surface area contributed by atoms with Crippen LogP contribution < -0.4 is 20.1 Å². The van der Waals surface area contributed by atoms with E-state index in [0.717, 1.165) is 29.6 Å². The van der Waals surface area contributed by atoms with E-state index in [1.807, 2.05) is 45.9 Å². The van der Waals surface area contributed by atoms with Crippen molar-refractivity contribution in [2.75, 3.05) is 14.2 Å². The molecule has 29 heavy (non-hydrogen) atoms.